The van der Waals surface area contributed by atoms with Crippen molar-refractivity contribution in [2.75, 3.05) is 5.32 Å². The number of carbonyl (C=O) groups is 1. The number of nitrogens with one attached hydrogen (secondary N) is 2. The molecule has 1 heterocycles. The molecule has 2 aromatic carbocycles. The van der Waals surface area contributed by atoms with Gasteiger partial charge in [-0.3, -0.25) is 9.59 Å². The second-order valence-electron chi connectivity index (χ2n) is 5.55. The van der Waals surface area contributed by atoms with Crippen LogP contribution in [-0.4, -0.2) is 15.9 Å². The molecular formula is C19H16FN3O2S. The number of nitrogens with zero attached hydrogens (tertiary/aromatic N) is 1. The molecule has 0 aliphatic rings. The normalized spacial score (nSPS) is 10.5. The zero-order valence-corrected chi connectivity index (χ0v) is 14.6. The number of aromatic nitrogens is 2. The average molecular weight is 369 g/mol. The van der Waals surface area contributed by atoms with Gasteiger partial charge in [0.05, 0.1) is 12.1 Å². The summed E-state index contributed by atoms with van der Waals surface area (Å²) in [6.07, 6.45) is 0.00290. The first-order valence-corrected chi connectivity index (χ1v) is 8.89. The van der Waals surface area contributed by atoms with Crippen LogP contribution in [0.3, 0.4) is 0 Å². The van der Waals surface area contributed by atoms with Gasteiger partial charge in [-0.05, 0) is 29.8 Å². The Balaban J connectivity index is 1.64. The first kappa shape index (κ1) is 17.9. The molecule has 0 bridgehead atoms. The molecule has 1 amide bonds. The van der Waals surface area contributed by atoms with Crippen molar-refractivity contribution in [2.45, 2.75) is 17.3 Å². The predicted molar refractivity (Wildman–Crippen MR) is 99.6 cm³/mol. The van der Waals surface area contributed by atoms with Crippen LogP contribution in [0.15, 0.2) is 70.6 Å². The number of halogens is 1. The van der Waals surface area contributed by atoms with Crippen molar-refractivity contribution in [1.29, 1.82) is 0 Å². The Kier molecular flexibility index (Phi) is 5.80. The second kappa shape index (κ2) is 8.44. The summed E-state index contributed by atoms with van der Waals surface area (Å²) in [6, 6.07) is 16.5. The SMILES string of the molecule is O=C(Cc1cc(=O)[nH]c(SCc2ccc(F)cc2)n1)Nc1ccccc1. The molecule has 0 aliphatic heterocycles. The fourth-order valence-corrected chi connectivity index (χ4v) is 3.12. The van der Waals surface area contributed by atoms with Crippen LogP contribution in [0.5, 0.6) is 0 Å². The van der Waals surface area contributed by atoms with Crippen molar-refractivity contribution >= 4 is 23.4 Å². The Morgan fingerprint density at radius 3 is 2.58 bits per heavy atom. The highest BCUT2D eigenvalue weighted by Gasteiger charge is 2.08. The van der Waals surface area contributed by atoms with Crippen LogP contribution in [0.2, 0.25) is 0 Å². The summed E-state index contributed by atoms with van der Waals surface area (Å²) < 4.78 is 12.9. The van der Waals surface area contributed by atoms with Crippen LogP contribution in [0.1, 0.15) is 11.3 Å². The molecular weight excluding hydrogens is 353 g/mol. The summed E-state index contributed by atoms with van der Waals surface area (Å²) in [4.78, 5) is 30.9. The number of para-hydroxylation sites is 1. The van der Waals surface area contributed by atoms with Gasteiger partial charge in [0.1, 0.15) is 5.82 Å². The number of amides is 1. The number of H-pyrrole nitrogens is 1. The molecule has 0 saturated carbocycles. The van der Waals surface area contributed by atoms with E-state index in [1.165, 1.54) is 30.0 Å². The van der Waals surface area contributed by atoms with Gasteiger partial charge in [-0.1, -0.05) is 42.1 Å². The average Bonchev–Trinajstić information content (AvgIpc) is 2.61. The topological polar surface area (TPSA) is 74.8 Å². The van der Waals surface area contributed by atoms with Crippen LogP contribution in [-0.2, 0) is 17.0 Å². The van der Waals surface area contributed by atoms with Crippen molar-refractivity contribution in [3.63, 3.8) is 0 Å². The molecule has 3 aromatic rings. The van der Waals surface area contributed by atoms with Crippen molar-refractivity contribution in [1.82, 2.24) is 9.97 Å². The predicted octanol–water partition coefficient (Wildman–Crippen LogP) is 3.38. The first-order chi connectivity index (χ1) is 12.6. The van der Waals surface area contributed by atoms with E-state index in [1.54, 1.807) is 24.3 Å². The molecule has 132 valence electrons. The van der Waals surface area contributed by atoms with Gasteiger partial charge in [-0.15, -0.1) is 0 Å². The smallest absolute Gasteiger partial charge is 0.251 e. The third kappa shape index (κ3) is 5.29. The van der Waals surface area contributed by atoms with E-state index in [1.807, 2.05) is 18.2 Å². The highest BCUT2D eigenvalue weighted by molar-refractivity contribution is 7.98. The van der Waals surface area contributed by atoms with Gasteiger partial charge in [0.2, 0.25) is 5.91 Å². The van der Waals surface area contributed by atoms with E-state index in [-0.39, 0.29) is 23.7 Å². The Morgan fingerprint density at radius 2 is 1.85 bits per heavy atom. The minimum absolute atomic E-state index is 0.00290. The van der Waals surface area contributed by atoms with Gasteiger partial charge in [-0.2, -0.15) is 0 Å². The highest BCUT2D eigenvalue weighted by atomic mass is 32.2. The van der Waals surface area contributed by atoms with Crippen LogP contribution < -0.4 is 10.9 Å². The molecule has 7 heteroatoms. The van der Waals surface area contributed by atoms with E-state index < -0.39 is 0 Å². The van der Waals surface area contributed by atoms with Gasteiger partial charge in [-0.25, -0.2) is 9.37 Å². The Morgan fingerprint density at radius 1 is 1.12 bits per heavy atom. The summed E-state index contributed by atoms with van der Waals surface area (Å²) >= 11 is 1.32. The number of rotatable bonds is 6. The molecule has 0 unspecified atom stereocenters. The molecule has 0 radical (unpaired) electrons. The largest absolute Gasteiger partial charge is 0.326 e. The Hall–Kier alpha value is -2.93. The van der Waals surface area contributed by atoms with Crippen molar-refractivity contribution in [3.05, 3.63) is 88.1 Å². The van der Waals surface area contributed by atoms with Gasteiger partial charge in [0, 0.05) is 17.5 Å². The monoisotopic (exact) mass is 369 g/mol. The second-order valence-corrected chi connectivity index (χ2v) is 6.51. The molecule has 0 aliphatic carbocycles. The number of anilines is 1. The number of thioether (sulfide) groups is 1. The molecule has 3 rings (SSSR count). The van der Waals surface area contributed by atoms with Crippen molar-refractivity contribution in [2.24, 2.45) is 0 Å². The van der Waals surface area contributed by atoms with Crippen molar-refractivity contribution in [3.8, 4) is 0 Å². The molecule has 5 nitrogen and oxygen atoms in total. The number of aromatic amines is 1. The number of hydrogen-bond acceptors (Lipinski definition) is 4. The fraction of sp³-hybridized carbons (Fsp3) is 0.105. The summed E-state index contributed by atoms with van der Waals surface area (Å²) in [7, 11) is 0. The lowest BCUT2D eigenvalue weighted by atomic mass is 10.2. The maximum Gasteiger partial charge on any atom is 0.251 e. The number of carbonyl (C=O) groups excluding carboxylic acids is 1. The van der Waals surface area contributed by atoms with E-state index in [9.17, 15) is 14.0 Å². The van der Waals surface area contributed by atoms with Crippen molar-refractivity contribution < 1.29 is 9.18 Å². The summed E-state index contributed by atoms with van der Waals surface area (Å²) in [5, 5.41) is 3.18. The van der Waals surface area contributed by atoms with E-state index in [0.29, 0.717) is 22.3 Å². The Bertz CT molecular complexity index is 943. The van der Waals surface area contributed by atoms with Crippen LogP contribution in [0, 0.1) is 5.82 Å². The van der Waals surface area contributed by atoms with Gasteiger partial charge < -0.3 is 10.3 Å². The maximum atomic E-state index is 12.9. The summed E-state index contributed by atoms with van der Waals surface area (Å²) in [6.45, 7) is 0. The van der Waals surface area contributed by atoms with Gasteiger partial charge in [0.25, 0.3) is 5.56 Å². The number of benzene rings is 2. The zero-order valence-electron chi connectivity index (χ0n) is 13.7. The lowest BCUT2D eigenvalue weighted by molar-refractivity contribution is -0.115. The van der Waals surface area contributed by atoms with Gasteiger partial charge in [0.15, 0.2) is 5.16 Å². The maximum absolute atomic E-state index is 12.9. The molecule has 26 heavy (non-hydrogen) atoms. The summed E-state index contributed by atoms with van der Waals surface area (Å²) in [5.74, 6) is -0.0106. The third-order valence-corrected chi connectivity index (χ3v) is 4.41. The molecule has 0 fully saturated rings. The molecule has 2 N–H and O–H groups in total. The van der Waals surface area contributed by atoms with Crippen LogP contribution >= 0.6 is 11.8 Å². The lowest BCUT2D eigenvalue weighted by Gasteiger charge is -2.06. The molecule has 1 aromatic heterocycles. The Labute approximate surface area is 153 Å². The van der Waals surface area contributed by atoms with E-state index in [4.69, 9.17) is 0 Å². The minimum Gasteiger partial charge on any atom is -0.326 e. The quantitative estimate of drug-likeness (QED) is 0.516. The first-order valence-electron chi connectivity index (χ1n) is 7.91. The third-order valence-electron chi connectivity index (χ3n) is 3.46. The zero-order chi connectivity index (χ0) is 18.4. The fourth-order valence-electron chi connectivity index (χ4n) is 2.27. The lowest BCUT2D eigenvalue weighted by Crippen LogP contribution is -2.18. The van der Waals surface area contributed by atoms with E-state index >= 15 is 0 Å². The summed E-state index contributed by atoms with van der Waals surface area (Å²) in [5.41, 5.74) is 1.67. The molecule has 0 atom stereocenters. The standard InChI is InChI=1S/C19H16FN3O2S/c20-14-8-6-13(7-9-14)12-26-19-22-16(11-18(25)23-19)10-17(24)21-15-4-2-1-3-5-15/h1-9,11H,10,12H2,(H,21,24)(H,22,23,25). The molecule has 0 saturated heterocycles. The molecule has 0 spiro atoms. The number of hydrogen-bond donors (Lipinski definition) is 2. The van der Waals surface area contributed by atoms with Gasteiger partial charge >= 0.3 is 0 Å². The minimum atomic E-state index is -0.316. The highest BCUT2D eigenvalue weighted by Crippen LogP contribution is 2.18. The van der Waals surface area contributed by atoms with Crippen LogP contribution in [0.25, 0.3) is 0 Å². The van der Waals surface area contributed by atoms with Crippen LogP contribution in [0.4, 0.5) is 10.1 Å². The van der Waals surface area contributed by atoms with E-state index in [2.05, 4.69) is 15.3 Å². The van der Waals surface area contributed by atoms with E-state index in [0.717, 1.165) is 5.56 Å².